The number of carboxylic acid groups (broad SMARTS) is 2. The van der Waals surface area contributed by atoms with Gasteiger partial charge >= 0.3 is 11.9 Å². The summed E-state index contributed by atoms with van der Waals surface area (Å²) >= 11 is 0. The highest BCUT2D eigenvalue weighted by Crippen LogP contribution is 2.07. The Kier molecular flexibility index (Phi) is 3.51. The van der Waals surface area contributed by atoms with Crippen LogP contribution in [0.2, 0.25) is 0 Å². The molecule has 19 heavy (non-hydrogen) atoms. The quantitative estimate of drug-likeness (QED) is 0.861. The molecule has 0 saturated heterocycles. The fraction of sp³-hybridized carbons (Fsp3) is 0.0769. The Bertz CT molecular complexity index is 585. The number of pyridine rings is 2. The lowest BCUT2D eigenvalue weighted by molar-refractivity contribution is 0.0680. The Labute approximate surface area is 108 Å². The first-order valence-corrected chi connectivity index (χ1v) is 5.45. The van der Waals surface area contributed by atoms with Gasteiger partial charge in [0.05, 0.1) is 0 Å². The van der Waals surface area contributed by atoms with Crippen molar-refractivity contribution in [1.82, 2.24) is 9.97 Å². The molecule has 0 aliphatic carbocycles. The second-order valence-corrected chi connectivity index (χ2v) is 3.82. The molecule has 0 aliphatic rings. The highest BCUT2D eigenvalue weighted by Gasteiger charge is 2.08. The molecule has 2 N–H and O–H groups in total. The molecule has 0 bridgehead atoms. The third kappa shape index (κ3) is 3.12. The summed E-state index contributed by atoms with van der Waals surface area (Å²) in [5.74, 6) is -2.21. The molecule has 96 valence electrons. The van der Waals surface area contributed by atoms with Crippen LogP contribution in [-0.4, -0.2) is 32.1 Å². The zero-order valence-corrected chi connectivity index (χ0v) is 9.78. The van der Waals surface area contributed by atoms with Gasteiger partial charge in [0.1, 0.15) is 11.4 Å². The zero-order chi connectivity index (χ0) is 13.8. The average Bonchev–Trinajstić information content (AvgIpc) is 2.39. The molecule has 6 nitrogen and oxygen atoms in total. The summed E-state index contributed by atoms with van der Waals surface area (Å²) in [4.78, 5) is 29.5. The predicted molar refractivity (Wildman–Crippen MR) is 65.2 cm³/mol. The summed E-state index contributed by atoms with van der Waals surface area (Å²) in [6.07, 6.45) is 0.280. The summed E-state index contributed by atoms with van der Waals surface area (Å²) in [5, 5.41) is 17.7. The van der Waals surface area contributed by atoms with Crippen LogP contribution in [0, 0.1) is 0 Å². The molecule has 0 fully saturated rings. The Balaban J connectivity index is 2.26. The van der Waals surface area contributed by atoms with Gasteiger partial charge in [0.2, 0.25) is 0 Å². The standard InChI is InChI=1S/C13H10N2O4/c16-12(17)10-5-1-3-8(14-10)7-9-4-2-6-11(15-9)13(18)19/h1-6H,7H2,(H,16,17)(H,18,19). The van der Waals surface area contributed by atoms with Gasteiger partial charge in [-0.3, -0.25) is 0 Å². The average molecular weight is 258 g/mol. The predicted octanol–water partition coefficient (Wildman–Crippen LogP) is 1.46. The van der Waals surface area contributed by atoms with Crippen molar-refractivity contribution < 1.29 is 19.8 Å². The van der Waals surface area contributed by atoms with Crippen LogP contribution in [0.1, 0.15) is 32.4 Å². The van der Waals surface area contributed by atoms with Crippen molar-refractivity contribution in [3.63, 3.8) is 0 Å². The van der Waals surface area contributed by atoms with Gasteiger partial charge in [-0.25, -0.2) is 19.6 Å². The maximum atomic E-state index is 10.8. The van der Waals surface area contributed by atoms with Crippen LogP contribution >= 0.6 is 0 Å². The molecule has 6 heteroatoms. The Morgan fingerprint density at radius 2 is 1.26 bits per heavy atom. The number of aromatic nitrogens is 2. The van der Waals surface area contributed by atoms with E-state index in [1.54, 1.807) is 24.3 Å². The second kappa shape index (κ2) is 5.26. The van der Waals surface area contributed by atoms with Crippen molar-refractivity contribution in [1.29, 1.82) is 0 Å². The molecule has 0 aliphatic heterocycles. The molecule has 0 spiro atoms. The first-order chi connectivity index (χ1) is 9.06. The van der Waals surface area contributed by atoms with Crippen molar-refractivity contribution in [3.05, 3.63) is 59.2 Å². The second-order valence-electron chi connectivity index (χ2n) is 3.82. The lowest BCUT2D eigenvalue weighted by Gasteiger charge is -2.03. The number of carboxylic acids is 2. The Morgan fingerprint density at radius 3 is 1.63 bits per heavy atom. The van der Waals surface area contributed by atoms with E-state index in [2.05, 4.69) is 9.97 Å². The molecule has 0 unspecified atom stereocenters. The molecular formula is C13H10N2O4. The van der Waals surface area contributed by atoms with Crippen molar-refractivity contribution in [3.8, 4) is 0 Å². The maximum absolute atomic E-state index is 10.8. The van der Waals surface area contributed by atoms with Gasteiger partial charge in [-0.1, -0.05) is 12.1 Å². The van der Waals surface area contributed by atoms with Crippen LogP contribution in [-0.2, 0) is 6.42 Å². The number of hydrogen-bond donors (Lipinski definition) is 2. The van der Waals surface area contributed by atoms with Gasteiger partial charge in [0, 0.05) is 17.8 Å². The van der Waals surface area contributed by atoms with E-state index in [0.29, 0.717) is 11.4 Å². The number of rotatable bonds is 4. The van der Waals surface area contributed by atoms with Gasteiger partial charge in [-0.05, 0) is 24.3 Å². The molecular weight excluding hydrogens is 248 g/mol. The molecule has 0 radical (unpaired) electrons. The normalized spacial score (nSPS) is 10.1. The van der Waals surface area contributed by atoms with Crippen LogP contribution < -0.4 is 0 Å². The van der Waals surface area contributed by atoms with Crippen molar-refractivity contribution >= 4 is 11.9 Å². The van der Waals surface area contributed by atoms with Crippen LogP contribution in [0.3, 0.4) is 0 Å². The van der Waals surface area contributed by atoms with E-state index in [0.717, 1.165) is 0 Å². The highest BCUT2D eigenvalue weighted by molar-refractivity contribution is 5.85. The highest BCUT2D eigenvalue weighted by atomic mass is 16.4. The number of nitrogens with zero attached hydrogens (tertiary/aromatic N) is 2. The number of hydrogen-bond acceptors (Lipinski definition) is 4. The molecule has 0 saturated carbocycles. The van der Waals surface area contributed by atoms with Gasteiger partial charge in [0.15, 0.2) is 0 Å². The molecule has 0 aromatic carbocycles. The number of carbonyl (C=O) groups is 2. The van der Waals surface area contributed by atoms with E-state index in [-0.39, 0.29) is 17.8 Å². The van der Waals surface area contributed by atoms with Gasteiger partial charge in [-0.2, -0.15) is 0 Å². The van der Waals surface area contributed by atoms with E-state index in [1.807, 2.05) is 0 Å². The molecule has 2 aromatic rings. The summed E-state index contributed by atoms with van der Waals surface area (Å²) in [6, 6.07) is 9.31. The van der Waals surface area contributed by atoms with Gasteiger partial charge < -0.3 is 10.2 Å². The maximum Gasteiger partial charge on any atom is 0.354 e. The van der Waals surface area contributed by atoms with Crippen LogP contribution in [0.4, 0.5) is 0 Å². The molecule has 0 atom stereocenters. The zero-order valence-electron chi connectivity index (χ0n) is 9.78. The number of aromatic carboxylic acids is 2. The first kappa shape index (κ1) is 12.7. The third-order valence-corrected chi connectivity index (χ3v) is 2.41. The topological polar surface area (TPSA) is 100 Å². The molecule has 2 heterocycles. The molecule has 0 amide bonds. The van der Waals surface area contributed by atoms with E-state index in [4.69, 9.17) is 10.2 Å². The van der Waals surface area contributed by atoms with E-state index < -0.39 is 11.9 Å². The van der Waals surface area contributed by atoms with E-state index in [9.17, 15) is 9.59 Å². The smallest absolute Gasteiger partial charge is 0.354 e. The van der Waals surface area contributed by atoms with Crippen LogP contribution in [0.25, 0.3) is 0 Å². The van der Waals surface area contributed by atoms with Gasteiger partial charge in [-0.15, -0.1) is 0 Å². The summed E-state index contributed by atoms with van der Waals surface area (Å²) < 4.78 is 0. The monoisotopic (exact) mass is 258 g/mol. The van der Waals surface area contributed by atoms with E-state index in [1.165, 1.54) is 12.1 Å². The fourth-order valence-corrected chi connectivity index (χ4v) is 1.58. The van der Waals surface area contributed by atoms with Crippen molar-refractivity contribution in [2.24, 2.45) is 0 Å². The summed E-state index contributed by atoms with van der Waals surface area (Å²) in [5.41, 5.74) is 0.948. The Hall–Kier alpha value is -2.76. The van der Waals surface area contributed by atoms with Crippen molar-refractivity contribution in [2.45, 2.75) is 6.42 Å². The molecule has 2 aromatic heterocycles. The third-order valence-electron chi connectivity index (χ3n) is 2.41. The first-order valence-electron chi connectivity index (χ1n) is 5.45. The van der Waals surface area contributed by atoms with Crippen molar-refractivity contribution in [2.75, 3.05) is 0 Å². The lowest BCUT2D eigenvalue weighted by atomic mass is 10.2. The minimum atomic E-state index is -1.10. The van der Waals surface area contributed by atoms with E-state index >= 15 is 0 Å². The van der Waals surface area contributed by atoms with Crippen LogP contribution in [0.5, 0.6) is 0 Å². The summed E-state index contributed by atoms with van der Waals surface area (Å²) in [7, 11) is 0. The van der Waals surface area contributed by atoms with Gasteiger partial charge in [0.25, 0.3) is 0 Å². The fourth-order valence-electron chi connectivity index (χ4n) is 1.58. The lowest BCUT2D eigenvalue weighted by Crippen LogP contribution is -2.05. The Morgan fingerprint density at radius 1 is 0.842 bits per heavy atom. The minimum Gasteiger partial charge on any atom is -0.477 e. The minimum absolute atomic E-state index is 0.0492. The largest absolute Gasteiger partial charge is 0.477 e. The molecule has 2 rings (SSSR count). The SMILES string of the molecule is O=C(O)c1cccc(Cc2cccc(C(=O)O)n2)n1. The van der Waals surface area contributed by atoms with Crippen LogP contribution in [0.15, 0.2) is 36.4 Å². The summed E-state index contributed by atoms with van der Waals surface area (Å²) in [6.45, 7) is 0.